The Morgan fingerprint density at radius 2 is 1.90 bits per heavy atom. The van der Waals surface area contributed by atoms with Crippen LogP contribution in [0.1, 0.15) is 12.8 Å². The van der Waals surface area contributed by atoms with Crippen molar-refractivity contribution in [3.8, 4) is 5.75 Å². The van der Waals surface area contributed by atoms with Gasteiger partial charge in [0.05, 0.1) is 41.7 Å². The van der Waals surface area contributed by atoms with Crippen LogP contribution in [0.25, 0.3) is 0 Å². The lowest BCUT2D eigenvalue weighted by molar-refractivity contribution is -0.824. The molecule has 0 unspecified atom stereocenters. The molecule has 1 aliphatic rings. The minimum Gasteiger partial charge on any atom is -0.508 e. The van der Waals surface area contributed by atoms with Crippen molar-refractivity contribution in [2.75, 3.05) is 33.3 Å². The number of aromatic hydroxyl groups is 1. The Kier molecular flexibility index (Phi) is 7.56. The minimum absolute atomic E-state index is 0.0169. The van der Waals surface area contributed by atoms with Gasteiger partial charge in [0.1, 0.15) is 12.3 Å². The molecule has 0 saturated carbocycles. The zero-order chi connectivity index (χ0) is 15.8. The van der Waals surface area contributed by atoms with Crippen LogP contribution in [0.3, 0.4) is 0 Å². The van der Waals surface area contributed by atoms with Crippen LogP contribution in [0.4, 0.5) is 0 Å². The molecular formula is C13H20Cl2N3O3+. The molecule has 0 radical (unpaired) electrons. The molecule has 1 heterocycles. The highest BCUT2D eigenvalue weighted by Gasteiger charge is 2.28. The average Bonchev–Trinajstić information content (AvgIpc) is 2.97. The smallest absolute Gasteiger partial charge is 0.250 e. The van der Waals surface area contributed by atoms with Gasteiger partial charge in [-0.15, -0.1) is 10.0 Å². The predicted molar refractivity (Wildman–Crippen MR) is 82.3 cm³/mol. The van der Waals surface area contributed by atoms with Gasteiger partial charge in [-0.2, -0.15) is 0 Å². The second kappa shape index (κ2) is 8.92. The fourth-order valence-electron chi connectivity index (χ4n) is 1.80. The molecule has 0 aromatic heterocycles. The van der Waals surface area contributed by atoms with Crippen LogP contribution >= 0.6 is 23.2 Å². The summed E-state index contributed by atoms with van der Waals surface area (Å²) in [6.07, 6.45) is 2.18. The zero-order valence-electron chi connectivity index (χ0n) is 11.9. The van der Waals surface area contributed by atoms with E-state index in [1.54, 1.807) is 18.1 Å². The summed E-state index contributed by atoms with van der Waals surface area (Å²) < 4.78 is 0. The van der Waals surface area contributed by atoms with Crippen LogP contribution in [0.2, 0.25) is 10.0 Å². The molecule has 1 aromatic rings. The molecule has 8 heteroatoms. The Balaban J connectivity index is 0.000000219. The van der Waals surface area contributed by atoms with Gasteiger partial charge in [0.2, 0.25) is 0 Å². The van der Waals surface area contributed by atoms with Gasteiger partial charge in [-0.1, -0.05) is 23.2 Å². The molecule has 118 valence electrons. The van der Waals surface area contributed by atoms with Crippen molar-refractivity contribution in [1.82, 2.24) is 10.0 Å². The fraction of sp³-hybridized carbons (Fsp3) is 0.538. The van der Waals surface area contributed by atoms with E-state index in [-0.39, 0.29) is 12.4 Å². The number of phenols is 1. The second-order valence-corrected chi connectivity index (χ2v) is 5.43. The Morgan fingerprint density at radius 1 is 1.29 bits per heavy atom. The fourth-order valence-corrected chi connectivity index (χ4v) is 2.10. The second-order valence-electron chi connectivity index (χ2n) is 4.62. The lowest BCUT2D eigenvalue weighted by atomic mass is 10.3. The molecule has 0 bridgehead atoms. The maximum Gasteiger partial charge on any atom is 0.250 e. The maximum atomic E-state index is 11.4. The van der Waals surface area contributed by atoms with Crippen molar-refractivity contribution >= 4 is 23.2 Å². The van der Waals surface area contributed by atoms with E-state index < -0.39 is 0 Å². The molecule has 1 aromatic carbocycles. The first-order chi connectivity index (χ1) is 9.95. The normalized spacial score (nSPS) is 13.6. The van der Waals surface area contributed by atoms with Crippen LogP contribution in [0.15, 0.2) is 18.2 Å². The number of nitrogens with zero attached hydrogens (tertiary/aromatic N) is 3. The van der Waals surface area contributed by atoms with Crippen molar-refractivity contribution in [2.24, 2.45) is 0 Å². The van der Waals surface area contributed by atoms with E-state index >= 15 is 0 Å². The van der Waals surface area contributed by atoms with Gasteiger partial charge in [0.25, 0.3) is 4.98 Å². The van der Waals surface area contributed by atoms with Gasteiger partial charge in [-0.3, -0.25) is 0 Å². The Bertz CT molecular complexity index is 468. The van der Waals surface area contributed by atoms with Crippen LogP contribution in [0.5, 0.6) is 5.75 Å². The highest BCUT2D eigenvalue weighted by atomic mass is 35.5. The molecule has 21 heavy (non-hydrogen) atoms. The third-order valence-corrected chi connectivity index (χ3v) is 3.68. The first-order valence-corrected chi connectivity index (χ1v) is 7.39. The van der Waals surface area contributed by atoms with Gasteiger partial charge < -0.3 is 10.2 Å². The number of aliphatic hydroxyl groups is 1. The maximum absolute atomic E-state index is 11.4. The zero-order valence-corrected chi connectivity index (χ0v) is 13.4. The molecular weight excluding hydrogens is 317 g/mol. The van der Waals surface area contributed by atoms with Gasteiger partial charge in [-0.25, -0.2) is 0 Å². The summed E-state index contributed by atoms with van der Waals surface area (Å²) in [4.78, 5) is 12.2. The quantitative estimate of drug-likeness (QED) is 0.652. The van der Waals surface area contributed by atoms with E-state index in [1.807, 2.05) is 0 Å². The summed E-state index contributed by atoms with van der Waals surface area (Å²) in [7, 11) is 1.68. The van der Waals surface area contributed by atoms with Crippen LogP contribution in [0, 0.1) is 4.91 Å². The van der Waals surface area contributed by atoms with Crippen molar-refractivity contribution in [3.63, 3.8) is 0 Å². The summed E-state index contributed by atoms with van der Waals surface area (Å²) in [5.74, 6) is 0.129. The first kappa shape index (κ1) is 17.8. The number of aliphatic hydroxyl groups excluding tert-OH is 1. The van der Waals surface area contributed by atoms with Gasteiger partial charge in [0.15, 0.2) is 0 Å². The summed E-state index contributed by atoms with van der Waals surface area (Å²) in [6, 6.07) is 4.41. The summed E-state index contributed by atoms with van der Waals surface area (Å²) >= 11 is 11.1. The van der Waals surface area contributed by atoms with Crippen molar-refractivity contribution < 1.29 is 15.2 Å². The molecule has 1 fully saturated rings. The SMILES string of the molecule is CN(CCO)[N+](=O)N1CCCC1.Oc1ccc(Cl)c(Cl)c1. The molecule has 2 N–H and O–H groups in total. The number of phenolic OH excluding ortho intramolecular Hbond substituents is 1. The lowest BCUT2D eigenvalue weighted by Crippen LogP contribution is -2.42. The number of benzene rings is 1. The lowest BCUT2D eigenvalue weighted by Gasteiger charge is -2.12. The predicted octanol–water partition coefficient (Wildman–Crippen LogP) is 2.31. The van der Waals surface area contributed by atoms with Crippen molar-refractivity contribution in [3.05, 3.63) is 33.2 Å². The molecule has 0 aliphatic carbocycles. The van der Waals surface area contributed by atoms with Gasteiger partial charge in [0, 0.05) is 0 Å². The number of nitroso groups, excluding NO2 is 1. The third kappa shape index (κ3) is 5.95. The van der Waals surface area contributed by atoms with Crippen LogP contribution in [-0.2, 0) is 0 Å². The molecule has 6 nitrogen and oxygen atoms in total. The topological polar surface area (TPSA) is 67.0 Å². The molecule has 2 rings (SSSR count). The largest absolute Gasteiger partial charge is 0.508 e. The van der Waals surface area contributed by atoms with Crippen molar-refractivity contribution in [2.45, 2.75) is 12.8 Å². The number of rotatable bonds is 4. The summed E-state index contributed by atoms with van der Waals surface area (Å²) in [5, 5.41) is 21.4. The number of hydrazine groups is 2. The third-order valence-electron chi connectivity index (χ3n) is 2.94. The molecule has 0 spiro atoms. The van der Waals surface area contributed by atoms with Crippen LogP contribution < -0.4 is 0 Å². The van der Waals surface area contributed by atoms with Crippen LogP contribution in [-0.4, -0.2) is 58.5 Å². The number of halogens is 2. The standard InChI is InChI=1S/C7H16N3O2.C6H4Cl2O/c1-8(6-7-11)10(12)9-4-2-3-5-9;7-5-2-1-4(9)3-6(5)8/h11H,2-7H2,1H3;1-3,9H/q+1;. The Labute approximate surface area is 134 Å². The van der Waals surface area contributed by atoms with E-state index in [9.17, 15) is 4.91 Å². The first-order valence-electron chi connectivity index (χ1n) is 6.63. The highest BCUT2D eigenvalue weighted by molar-refractivity contribution is 6.42. The Morgan fingerprint density at radius 3 is 2.38 bits per heavy atom. The van der Waals surface area contributed by atoms with E-state index in [4.69, 9.17) is 33.4 Å². The number of hydrogen-bond acceptors (Lipinski definition) is 3. The van der Waals surface area contributed by atoms with E-state index in [0.29, 0.717) is 16.6 Å². The summed E-state index contributed by atoms with van der Waals surface area (Å²) in [5.41, 5.74) is 0. The Hall–Kier alpha value is -1.24. The van der Waals surface area contributed by atoms with Crippen molar-refractivity contribution in [1.29, 1.82) is 0 Å². The molecule has 1 aliphatic heterocycles. The molecule has 0 amide bonds. The average molecular weight is 337 g/mol. The van der Waals surface area contributed by atoms with Gasteiger partial charge >= 0.3 is 0 Å². The number of hydrogen-bond donors (Lipinski definition) is 2. The van der Waals surface area contributed by atoms with Gasteiger partial charge in [-0.05, 0) is 31.0 Å². The van der Waals surface area contributed by atoms with E-state index in [0.717, 1.165) is 30.9 Å². The number of likely N-dealkylation sites (N-methyl/N-ethyl adjacent to an activating group) is 1. The monoisotopic (exact) mass is 336 g/mol. The minimum atomic E-state index is 0.0169. The molecule has 0 atom stereocenters. The van der Waals surface area contributed by atoms with E-state index in [2.05, 4.69) is 0 Å². The molecule has 1 saturated heterocycles. The summed E-state index contributed by atoms with van der Waals surface area (Å²) in [6.45, 7) is 2.07. The highest BCUT2D eigenvalue weighted by Crippen LogP contribution is 2.25. The van der Waals surface area contributed by atoms with E-state index in [1.165, 1.54) is 17.1 Å².